The molecule has 0 fully saturated rings. The van der Waals surface area contributed by atoms with Gasteiger partial charge in [-0.2, -0.15) is 0 Å². The van der Waals surface area contributed by atoms with E-state index in [1.165, 1.54) is 6.66 Å². The molecule has 5 nitrogen and oxygen atoms in total. The van der Waals surface area contributed by atoms with Gasteiger partial charge in [0, 0.05) is 6.66 Å². The Morgan fingerprint density at radius 1 is 0.739 bits per heavy atom. The summed E-state index contributed by atoms with van der Waals surface area (Å²) in [6.07, 6.45) is 0. The van der Waals surface area contributed by atoms with Gasteiger partial charge in [0.1, 0.15) is 11.5 Å². The molecule has 0 spiro atoms. The molecular formula is C17H21O5P. The van der Waals surface area contributed by atoms with Crippen molar-refractivity contribution in [2.75, 3.05) is 20.9 Å². The van der Waals surface area contributed by atoms with E-state index in [0.717, 1.165) is 22.6 Å². The average Bonchev–Trinajstić information content (AvgIpc) is 2.59. The van der Waals surface area contributed by atoms with Crippen LogP contribution >= 0.6 is 7.60 Å². The molecule has 124 valence electrons. The smallest absolute Gasteiger partial charge is 0.328 e. The van der Waals surface area contributed by atoms with Gasteiger partial charge in [-0.25, -0.2) is 0 Å². The number of hydrogen-bond donors (Lipinski definition) is 0. The maximum absolute atomic E-state index is 12.3. The van der Waals surface area contributed by atoms with Crippen LogP contribution in [-0.4, -0.2) is 20.9 Å². The molecule has 0 aliphatic rings. The molecule has 0 saturated carbocycles. The minimum Gasteiger partial charge on any atom is -0.497 e. The van der Waals surface area contributed by atoms with E-state index in [1.807, 2.05) is 48.5 Å². The highest BCUT2D eigenvalue weighted by Gasteiger charge is 2.17. The average molecular weight is 336 g/mol. The van der Waals surface area contributed by atoms with Crippen molar-refractivity contribution in [3.05, 3.63) is 59.7 Å². The fraction of sp³-hybridized carbons (Fsp3) is 0.294. The van der Waals surface area contributed by atoms with Crippen molar-refractivity contribution in [1.29, 1.82) is 0 Å². The molecule has 0 radical (unpaired) electrons. The predicted octanol–water partition coefficient (Wildman–Crippen LogP) is 4.26. The molecule has 0 aliphatic carbocycles. The highest BCUT2D eigenvalue weighted by Crippen LogP contribution is 2.45. The normalized spacial score (nSPS) is 11.3. The zero-order valence-electron chi connectivity index (χ0n) is 13.5. The van der Waals surface area contributed by atoms with Gasteiger partial charge in [-0.15, -0.1) is 0 Å². The lowest BCUT2D eigenvalue weighted by Crippen LogP contribution is -1.96. The van der Waals surface area contributed by atoms with Gasteiger partial charge in [0.25, 0.3) is 0 Å². The summed E-state index contributed by atoms with van der Waals surface area (Å²) >= 11 is 0. The summed E-state index contributed by atoms with van der Waals surface area (Å²) < 4.78 is 33.3. The van der Waals surface area contributed by atoms with Crippen molar-refractivity contribution in [3.63, 3.8) is 0 Å². The third-order valence-electron chi connectivity index (χ3n) is 3.25. The van der Waals surface area contributed by atoms with E-state index in [1.54, 1.807) is 14.2 Å². The van der Waals surface area contributed by atoms with Crippen LogP contribution in [0.3, 0.4) is 0 Å². The van der Waals surface area contributed by atoms with Crippen molar-refractivity contribution in [1.82, 2.24) is 0 Å². The van der Waals surface area contributed by atoms with Crippen LogP contribution in [0.1, 0.15) is 11.1 Å². The van der Waals surface area contributed by atoms with Crippen molar-refractivity contribution in [2.24, 2.45) is 0 Å². The summed E-state index contributed by atoms with van der Waals surface area (Å²) in [5.41, 5.74) is 1.81. The molecular weight excluding hydrogens is 315 g/mol. The Hall–Kier alpha value is -1.81. The molecule has 2 aromatic rings. The van der Waals surface area contributed by atoms with E-state index in [0.29, 0.717) is 0 Å². The minimum absolute atomic E-state index is 0.223. The maximum Gasteiger partial charge on any atom is 0.328 e. The number of ether oxygens (including phenoxy) is 2. The van der Waals surface area contributed by atoms with E-state index >= 15 is 0 Å². The number of rotatable bonds is 8. The van der Waals surface area contributed by atoms with Crippen LogP contribution in [0, 0.1) is 0 Å². The van der Waals surface area contributed by atoms with E-state index in [-0.39, 0.29) is 13.2 Å². The Bertz CT molecular complexity index is 596. The second kappa shape index (κ2) is 8.16. The summed E-state index contributed by atoms with van der Waals surface area (Å²) in [6, 6.07) is 14.8. The van der Waals surface area contributed by atoms with Crippen LogP contribution in [0.15, 0.2) is 48.5 Å². The Balaban J connectivity index is 1.84. The van der Waals surface area contributed by atoms with E-state index in [2.05, 4.69) is 0 Å². The molecule has 23 heavy (non-hydrogen) atoms. The third kappa shape index (κ3) is 5.71. The summed E-state index contributed by atoms with van der Waals surface area (Å²) in [6.45, 7) is 1.92. The number of benzene rings is 2. The summed E-state index contributed by atoms with van der Waals surface area (Å²) in [7, 11) is 0.0962. The highest BCUT2D eigenvalue weighted by atomic mass is 31.2. The molecule has 0 unspecified atom stereocenters. The molecule has 0 aliphatic heterocycles. The maximum atomic E-state index is 12.3. The molecule has 2 rings (SSSR count). The Labute approximate surface area is 136 Å². The Morgan fingerprint density at radius 2 is 1.09 bits per heavy atom. The fourth-order valence-corrected chi connectivity index (χ4v) is 2.71. The first-order valence-electron chi connectivity index (χ1n) is 7.15. The molecule has 0 bridgehead atoms. The predicted molar refractivity (Wildman–Crippen MR) is 89.1 cm³/mol. The van der Waals surface area contributed by atoms with Crippen molar-refractivity contribution in [2.45, 2.75) is 13.2 Å². The third-order valence-corrected chi connectivity index (χ3v) is 4.45. The molecule has 6 heteroatoms. The molecule has 0 N–H and O–H groups in total. The van der Waals surface area contributed by atoms with Gasteiger partial charge in [-0.3, -0.25) is 4.57 Å². The molecule has 0 heterocycles. The van der Waals surface area contributed by atoms with Crippen LogP contribution in [0.25, 0.3) is 0 Å². The molecule has 0 saturated heterocycles. The van der Waals surface area contributed by atoms with Crippen molar-refractivity contribution >= 4 is 7.60 Å². The van der Waals surface area contributed by atoms with Gasteiger partial charge in [0.05, 0.1) is 27.4 Å². The van der Waals surface area contributed by atoms with Crippen molar-refractivity contribution in [3.8, 4) is 11.5 Å². The molecule has 0 aromatic heterocycles. The summed E-state index contributed by atoms with van der Waals surface area (Å²) in [4.78, 5) is 0. The van der Waals surface area contributed by atoms with E-state index in [9.17, 15) is 4.57 Å². The zero-order chi connectivity index (χ0) is 16.7. The quantitative estimate of drug-likeness (QED) is 0.674. The van der Waals surface area contributed by atoms with Crippen LogP contribution in [0.5, 0.6) is 11.5 Å². The monoisotopic (exact) mass is 336 g/mol. The van der Waals surface area contributed by atoms with Crippen LogP contribution in [0.4, 0.5) is 0 Å². The lowest BCUT2D eigenvalue weighted by Gasteiger charge is -2.14. The summed E-state index contributed by atoms with van der Waals surface area (Å²) in [5.74, 6) is 1.54. The zero-order valence-corrected chi connectivity index (χ0v) is 14.4. The van der Waals surface area contributed by atoms with E-state index < -0.39 is 7.60 Å². The highest BCUT2D eigenvalue weighted by molar-refractivity contribution is 7.52. The first-order chi connectivity index (χ1) is 11.0. The molecule has 0 amide bonds. The van der Waals surface area contributed by atoms with Gasteiger partial charge in [-0.1, -0.05) is 24.3 Å². The number of hydrogen-bond acceptors (Lipinski definition) is 5. The van der Waals surface area contributed by atoms with Gasteiger partial charge >= 0.3 is 7.60 Å². The number of methoxy groups -OCH3 is 2. The fourth-order valence-electron chi connectivity index (χ4n) is 1.86. The minimum atomic E-state index is -3.12. The second-order valence-electron chi connectivity index (χ2n) is 5.01. The topological polar surface area (TPSA) is 54.0 Å². The first-order valence-corrected chi connectivity index (χ1v) is 9.14. The van der Waals surface area contributed by atoms with Gasteiger partial charge in [0.2, 0.25) is 0 Å². The lowest BCUT2D eigenvalue weighted by molar-refractivity contribution is 0.196. The Kier molecular flexibility index (Phi) is 6.22. The Morgan fingerprint density at radius 3 is 1.39 bits per heavy atom. The van der Waals surface area contributed by atoms with E-state index in [4.69, 9.17) is 18.5 Å². The molecule has 2 aromatic carbocycles. The van der Waals surface area contributed by atoms with Gasteiger partial charge in [0.15, 0.2) is 0 Å². The van der Waals surface area contributed by atoms with Gasteiger partial charge in [-0.05, 0) is 35.4 Å². The van der Waals surface area contributed by atoms with Crippen LogP contribution < -0.4 is 9.47 Å². The molecule has 0 atom stereocenters. The van der Waals surface area contributed by atoms with Crippen molar-refractivity contribution < 1.29 is 23.1 Å². The second-order valence-corrected chi connectivity index (χ2v) is 7.07. The van der Waals surface area contributed by atoms with Crippen LogP contribution in [-0.2, 0) is 26.8 Å². The SMILES string of the molecule is COc1ccc(COP(C)(=O)OCc2ccc(OC)cc2)cc1. The van der Waals surface area contributed by atoms with Gasteiger partial charge < -0.3 is 18.5 Å². The lowest BCUT2D eigenvalue weighted by atomic mass is 10.2. The standard InChI is InChI=1S/C17H21O5P/c1-19-16-8-4-14(5-9-16)12-21-23(3,18)22-13-15-6-10-17(20-2)11-7-15/h4-11H,12-13H2,1-3H3. The van der Waals surface area contributed by atoms with Crippen LogP contribution in [0.2, 0.25) is 0 Å². The summed E-state index contributed by atoms with van der Waals surface area (Å²) in [5, 5.41) is 0. The largest absolute Gasteiger partial charge is 0.497 e. The first kappa shape index (κ1) is 17.5.